The van der Waals surface area contributed by atoms with Crippen molar-refractivity contribution in [2.45, 2.75) is 12.8 Å². The molecule has 1 N–H and O–H groups in total. The minimum atomic E-state index is -0.165. The predicted octanol–water partition coefficient (Wildman–Crippen LogP) is 2.41. The second-order valence-electron chi connectivity index (χ2n) is 6.78. The lowest BCUT2D eigenvalue weighted by molar-refractivity contribution is 0.0886. The molecule has 142 valence electrons. The Morgan fingerprint density at radius 2 is 1.89 bits per heavy atom. The molecule has 2 aromatic rings. The number of methoxy groups -OCH3 is 1. The fraction of sp³-hybridized carbons (Fsp3) is 0.381. The van der Waals surface area contributed by atoms with Gasteiger partial charge in [0.1, 0.15) is 5.56 Å². The zero-order chi connectivity index (χ0) is 19.1. The first-order valence-electron chi connectivity index (χ1n) is 9.25. The first kappa shape index (κ1) is 19.0. The van der Waals surface area contributed by atoms with Gasteiger partial charge < -0.3 is 10.1 Å². The van der Waals surface area contributed by atoms with Gasteiger partial charge in [-0.1, -0.05) is 30.3 Å². The molecule has 6 nitrogen and oxygen atoms in total. The molecule has 1 aliphatic rings. The Balaban J connectivity index is 1.43. The highest BCUT2D eigenvalue weighted by molar-refractivity contribution is 5.97. The number of amides is 1. The topological polar surface area (TPSA) is 71.5 Å². The van der Waals surface area contributed by atoms with E-state index >= 15 is 0 Å². The molecule has 0 saturated carbocycles. The summed E-state index contributed by atoms with van der Waals surface area (Å²) in [6.07, 6.45) is 3.53. The van der Waals surface area contributed by atoms with E-state index in [1.165, 1.54) is 7.11 Å². The normalized spacial score (nSPS) is 15.3. The van der Waals surface area contributed by atoms with E-state index < -0.39 is 0 Å². The van der Waals surface area contributed by atoms with Gasteiger partial charge in [-0.2, -0.15) is 0 Å². The number of nitrogens with zero attached hydrogens (tertiary/aromatic N) is 2. The zero-order valence-corrected chi connectivity index (χ0v) is 15.6. The molecule has 1 amide bonds. The van der Waals surface area contributed by atoms with E-state index in [1.807, 2.05) is 30.3 Å². The smallest absolute Gasteiger partial charge is 0.256 e. The van der Waals surface area contributed by atoms with Gasteiger partial charge in [-0.25, -0.2) is 4.98 Å². The van der Waals surface area contributed by atoms with Crippen molar-refractivity contribution in [3.8, 4) is 5.88 Å². The minimum absolute atomic E-state index is 0.158. The van der Waals surface area contributed by atoms with Gasteiger partial charge in [-0.05, 0) is 44.0 Å². The molecule has 1 fully saturated rings. The van der Waals surface area contributed by atoms with E-state index in [1.54, 1.807) is 18.3 Å². The second kappa shape index (κ2) is 9.28. The highest BCUT2D eigenvalue weighted by Crippen LogP contribution is 2.18. The van der Waals surface area contributed by atoms with Gasteiger partial charge in [0, 0.05) is 18.3 Å². The lowest BCUT2D eigenvalue weighted by Gasteiger charge is -2.31. The second-order valence-corrected chi connectivity index (χ2v) is 6.78. The Bertz CT molecular complexity index is 771. The average molecular weight is 367 g/mol. The third-order valence-corrected chi connectivity index (χ3v) is 4.93. The monoisotopic (exact) mass is 367 g/mol. The van der Waals surface area contributed by atoms with Gasteiger partial charge in [0.15, 0.2) is 5.78 Å². The Morgan fingerprint density at radius 1 is 1.15 bits per heavy atom. The maximum Gasteiger partial charge on any atom is 0.256 e. The number of carbonyl (C=O) groups is 2. The number of pyridine rings is 1. The largest absolute Gasteiger partial charge is 0.480 e. The number of piperidine rings is 1. The first-order valence-corrected chi connectivity index (χ1v) is 9.25. The van der Waals surface area contributed by atoms with Crippen molar-refractivity contribution in [2.24, 2.45) is 5.92 Å². The molecule has 1 aliphatic heterocycles. The van der Waals surface area contributed by atoms with Crippen molar-refractivity contribution in [3.05, 3.63) is 59.8 Å². The molecule has 1 aromatic heterocycles. The molecule has 1 saturated heterocycles. The van der Waals surface area contributed by atoms with Crippen LogP contribution in [0.5, 0.6) is 5.88 Å². The van der Waals surface area contributed by atoms with Crippen LogP contribution in [0.3, 0.4) is 0 Å². The van der Waals surface area contributed by atoms with E-state index in [9.17, 15) is 9.59 Å². The maximum atomic E-state index is 12.3. The lowest BCUT2D eigenvalue weighted by atomic mass is 9.96. The lowest BCUT2D eigenvalue weighted by Crippen LogP contribution is -2.40. The molecule has 0 spiro atoms. The van der Waals surface area contributed by atoms with Crippen molar-refractivity contribution in [1.82, 2.24) is 15.2 Å². The van der Waals surface area contributed by atoms with E-state index in [0.717, 1.165) is 31.5 Å². The van der Waals surface area contributed by atoms with Crippen molar-refractivity contribution in [2.75, 3.05) is 33.3 Å². The summed E-state index contributed by atoms with van der Waals surface area (Å²) in [6, 6.07) is 12.8. The molecule has 27 heavy (non-hydrogen) atoms. The highest BCUT2D eigenvalue weighted by atomic mass is 16.5. The van der Waals surface area contributed by atoms with E-state index in [2.05, 4.69) is 15.2 Å². The summed E-state index contributed by atoms with van der Waals surface area (Å²) < 4.78 is 5.14. The van der Waals surface area contributed by atoms with Crippen molar-refractivity contribution in [3.63, 3.8) is 0 Å². The number of Topliss-reactive ketones (excluding diaryl/α,β-unsaturated/α-hetero) is 1. The van der Waals surface area contributed by atoms with Gasteiger partial charge in [-0.15, -0.1) is 0 Å². The fourth-order valence-electron chi connectivity index (χ4n) is 3.33. The molecule has 0 atom stereocenters. The van der Waals surface area contributed by atoms with Gasteiger partial charge in [0.2, 0.25) is 5.88 Å². The van der Waals surface area contributed by atoms with Gasteiger partial charge >= 0.3 is 0 Å². The van der Waals surface area contributed by atoms with Gasteiger partial charge in [-0.3, -0.25) is 14.5 Å². The number of ether oxygens (including phenoxy) is 1. The van der Waals surface area contributed by atoms with Gasteiger partial charge in [0.25, 0.3) is 5.91 Å². The van der Waals surface area contributed by atoms with Crippen LogP contribution >= 0.6 is 0 Å². The number of ketones is 1. The fourth-order valence-corrected chi connectivity index (χ4v) is 3.33. The summed E-state index contributed by atoms with van der Waals surface area (Å²) in [5, 5.41) is 2.98. The number of carbonyl (C=O) groups excluding carboxylic acids is 2. The SMILES string of the molecule is COc1ncccc1C(=O)NCC1CCN(CC(=O)c2ccccc2)CC1. The van der Waals surface area contributed by atoms with Crippen LogP contribution in [-0.4, -0.2) is 54.9 Å². The van der Waals surface area contributed by atoms with Crippen LogP contribution in [0.25, 0.3) is 0 Å². The molecule has 0 radical (unpaired) electrons. The van der Waals surface area contributed by atoms with Crippen LogP contribution in [0.15, 0.2) is 48.7 Å². The highest BCUT2D eigenvalue weighted by Gasteiger charge is 2.22. The zero-order valence-electron chi connectivity index (χ0n) is 15.6. The van der Waals surface area contributed by atoms with Crippen LogP contribution in [0.4, 0.5) is 0 Å². The predicted molar refractivity (Wildman–Crippen MR) is 103 cm³/mol. The average Bonchev–Trinajstić information content (AvgIpc) is 2.73. The van der Waals surface area contributed by atoms with Gasteiger partial charge in [0.05, 0.1) is 13.7 Å². The van der Waals surface area contributed by atoms with E-state index in [-0.39, 0.29) is 11.7 Å². The third kappa shape index (κ3) is 5.14. The summed E-state index contributed by atoms with van der Waals surface area (Å²) in [6.45, 7) is 2.82. The van der Waals surface area contributed by atoms with Crippen molar-refractivity contribution in [1.29, 1.82) is 0 Å². The Labute approximate surface area is 159 Å². The van der Waals surface area contributed by atoms with Crippen LogP contribution in [-0.2, 0) is 0 Å². The first-order chi connectivity index (χ1) is 13.2. The Kier molecular flexibility index (Phi) is 6.54. The number of nitrogens with one attached hydrogen (secondary N) is 1. The number of hydrogen-bond acceptors (Lipinski definition) is 5. The molecule has 3 rings (SSSR count). The molecule has 1 aromatic carbocycles. The number of hydrogen-bond donors (Lipinski definition) is 1. The number of rotatable bonds is 7. The van der Waals surface area contributed by atoms with Crippen LogP contribution in [0.2, 0.25) is 0 Å². The molecule has 0 unspecified atom stereocenters. The molecule has 0 bridgehead atoms. The van der Waals surface area contributed by atoms with Crippen LogP contribution < -0.4 is 10.1 Å². The molecule has 6 heteroatoms. The summed E-state index contributed by atoms with van der Waals surface area (Å²) in [5.74, 6) is 0.747. The summed E-state index contributed by atoms with van der Waals surface area (Å²) >= 11 is 0. The quantitative estimate of drug-likeness (QED) is 0.761. The molecular formula is C21H25N3O3. The van der Waals surface area contributed by atoms with Crippen molar-refractivity contribution < 1.29 is 14.3 Å². The number of aromatic nitrogens is 1. The van der Waals surface area contributed by atoms with E-state index in [0.29, 0.717) is 30.5 Å². The molecular weight excluding hydrogens is 342 g/mol. The summed E-state index contributed by atoms with van der Waals surface area (Å²) in [7, 11) is 1.51. The van der Waals surface area contributed by atoms with Crippen molar-refractivity contribution >= 4 is 11.7 Å². The number of likely N-dealkylation sites (tertiary alicyclic amines) is 1. The summed E-state index contributed by atoms with van der Waals surface area (Å²) in [4.78, 5) is 30.9. The molecule has 2 heterocycles. The summed E-state index contributed by atoms with van der Waals surface area (Å²) in [5.41, 5.74) is 1.21. The maximum absolute atomic E-state index is 12.3. The standard InChI is InChI=1S/C21H25N3O3/c1-27-21-18(8-5-11-22-21)20(26)23-14-16-9-12-24(13-10-16)15-19(25)17-6-3-2-4-7-17/h2-8,11,16H,9-10,12-15H2,1H3,(H,23,26). The Hall–Kier alpha value is -2.73. The Morgan fingerprint density at radius 3 is 2.59 bits per heavy atom. The minimum Gasteiger partial charge on any atom is -0.480 e. The molecule has 0 aliphatic carbocycles. The van der Waals surface area contributed by atoms with Crippen LogP contribution in [0.1, 0.15) is 33.6 Å². The number of benzene rings is 1. The third-order valence-electron chi connectivity index (χ3n) is 4.93. The van der Waals surface area contributed by atoms with E-state index in [4.69, 9.17) is 4.74 Å². The van der Waals surface area contributed by atoms with Crippen LogP contribution in [0, 0.1) is 5.92 Å².